The Hall–Kier alpha value is -0.170. The van der Waals surface area contributed by atoms with Crippen molar-refractivity contribution in [2.75, 3.05) is 5.75 Å². The van der Waals surface area contributed by atoms with E-state index in [-0.39, 0.29) is 0 Å². The van der Waals surface area contributed by atoms with E-state index < -0.39 is 0 Å². The molecule has 1 fully saturated rings. The summed E-state index contributed by atoms with van der Waals surface area (Å²) in [5, 5.41) is 0. The summed E-state index contributed by atoms with van der Waals surface area (Å²) in [5.41, 5.74) is 0. The summed E-state index contributed by atoms with van der Waals surface area (Å²) in [4.78, 5) is 1.59. The van der Waals surface area contributed by atoms with Gasteiger partial charge in [0.25, 0.3) is 0 Å². The van der Waals surface area contributed by atoms with Crippen LogP contribution in [0, 0.1) is 5.92 Å². The van der Waals surface area contributed by atoms with Gasteiger partial charge >= 0.3 is 0 Å². The molecule has 0 aromatic rings. The first kappa shape index (κ1) is 4.68. The lowest BCUT2D eigenvalue weighted by molar-refractivity contribution is 0.809. The highest BCUT2D eigenvalue weighted by atomic mass is 32.2. The molecule has 2 aliphatic rings. The molecular formula is C7H8S. The molecule has 1 atom stereocenters. The summed E-state index contributed by atoms with van der Waals surface area (Å²) in [7, 11) is 0. The van der Waals surface area contributed by atoms with Crippen molar-refractivity contribution >= 4 is 11.8 Å². The minimum atomic E-state index is 0.819. The first-order valence-electron chi connectivity index (χ1n) is 2.98. The molecule has 1 heterocycles. The van der Waals surface area contributed by atoms with Gasteiger partial charge in [0.15, 0.2) is 0 Å². The highest BCUT2D eigenvalue weighted by Gasteiger charge is 2.20. The van der Waals surface area contributed by atoms with Crippen molar-refractivity contribution < 1.29 is 0 Å². The van der Waals surface area contributed by atoms with Crippen LogP contribution < -0.4 is 0 Å². The summed E-state index contributed by atoms with van der Waals surface area (Å²) in [6.45, 7) is 0. The SMILES string of the molecule is C1=CC2CCSC2=C1. The predicted octanol–water partition coefficient (Wildman–Crippen LogP) is 2.19. The van der Waals surface area contributed by atoms with Gasteiger partial charge in [-0.3, -0.25) is 0 Å². The molecule has 0 saturated carbocycles. The summed E-state index contributed by atoms with van der Waals surface area (Å²) >= 11 is 2.01. The molecule has 0 N–H and O–H groups in total. The normalized spacial score (nSPS) is 33.0. The van der Waals surface area contributed by atoms with Gasteiger partial charge < -0.3 is 0 Å². The lowest BCUT2D eigenvalue weighted by atomic mass is 10.1. The van der Waals surface area contributed by atoms with Crippen molar-refractivity contribution in [3.63, 3.8) is 0 Å². The Balaban J connectivity index is 2.29. The van der Waals surface area contributed by atoms with Gasteiger partial charge in [0.1, 0.15) is 0 Å². The Morgan fingerprint density at radius 3 is 3.50 bits per heavy atom. The van der Waals surface area contributed by atoms with E-state index in [0.29, 0.717) is 0 Å². The van der Waals surface area contributed by atoms with E-state index in [9.17, 15) is 0 Å². The molecule has 0 aromatic carbocycles. The minimum Gasteiger partial charge on any atom is -0.130 e. The Bertz CT molecular complexity index is 156. The number of rotatable bonds is 0. The number of hydrogen-bond donors (Lipinski definition) is 0. The molecule has 2 rings (SSSR count). The van der Waals surface area contributed by atoms with E-state index in [2.05, 4.69) is 18.2 Å². The van der Waals surface area contributed by atoms with Crippen LogP contribution in [0.25, 0.3) is 0 Å². The zero-order chi connectivity index (χ0) is 5.40. The van der Waals surface area contributed by atoms with Crippen molar-refractivity contribution in [3.8, 4) is 0 Å². The molecular weight excluding hydrogens is 116 g/mol. The second-order valence-corrected chi connectivity index (χ2v) is 3.37. The van der Waals surface area contributed by atoms with E-state index in [1.807, 2.05) is 11.8 Å². The first-order valence-corrected chi connectivity index (χ1v) is 3.96. The van der Waals surface area contributed by atoms with Crippen molar-refractivity contribution in [2.24, 2.45) is 5.92 Å². The number of allylic oxidation sites excluding steroid dienone is 4. The van der Waals surface area contributed by atoms with Gasteiger partial charge in [-0.1, -0.05) is 18.2 Å². The molecule has 0 aromatic heterocycles. The van der Waals surface area contributed by atoms with Gasteiger partial charge in [-0.05, 0) is 17.1 Å². The number of hydrogen-bond acceptors (Lipinski definition) is 1. The molecule has 42 valence electrons. The van der Waals surface area contributed by atoms with Gasteiger partial charge in [-0.2, -0.15) is 0 Å². The standard InChI is InChI=1S/C7H8S/c1-2-6-4-5-8-7(6)3-1/h1-3,6H,4-5H2. The fourth-order valence-electron chi connectivity index (χ4n) is 1.20. The lowest BCUT2D eigenvalue weighted by Crippen LogP contribution is -1.84. The molecule has 0 radical (unpaired) electrons. The van der Waals surface area contributed by atoms with Gasteiger partial charge in [0.05, 0.1) is 0 Å². The summed E-state index contributed by atoms with van der Waals surface area (Å²) in [5.74, 6) is 2.15. The molecule has 8 heavy (non-hydrogen) atoms. The number of thioether (sulfide) groups is 1. The van der Waals surface area contributed by atoms with E-state index >= 15 is 0 Å². The Labute approximate surface area is 53.7 Å². The highest BCUT2D eigenvalue weighted by Crippen LogP contribution is 2.39. The molecule has 1 unspecified atom stereocenters. The maximum Gasteiger partial charge on any atom is 0.00889 e. The fraction of sp³-hybridized carbons (Fsp3) is 0.429. The zero-order valence-electron chi connectivity index (χ0n) is 4.63. The summed E-state index contributed by atoms with van der Waals surface area (Å²) in [6.07, 6.45) is 8.08. The maximum absolute atomic E-state index is 2.30. The third-order valence-corrected chi connectivity index (χ3v) is 2.88. The second kappa shape index (κ2) is 1.66. The highest BCUT2D eigenvalue weighted by molar-refractivity contribution is 8.03. The van der Waals surface area contributed by atoms with Gasteiger partial charge in [-0.15, -0.1) is 11.8 Å². The Morgan fingerprint density at radius 2 is 2.62 bits per heavy atom. The van der Waals surface area contributed by atoms with Crippen LogP contribution in [0.4, 0.5) is 0 Å². The number of fused-ring (bicyclic) bond motifs is 1. The average Bonchev–Trinajstić information content (AvgIpc) is 2.15. The van der Waals surface area contributed by atoms with E-state index in [4.69, 9.17) is 0 Å². The van der Waals surface area contributed by atoms with E-state index in [1.165, 1.54) is 12.2 Å². The van der Waals surface area contributed by atoms with E-state index in [0.717, 1.165) is 5.92 Å². The summed E-state index contributed by atoms with van der Waals surface area (Å²) in [6, 6.07) is 0. The van der Waals surface area contributed by atoms with Crippen LogP contribution >= 0.6 is 11.8 Å². The smallest absolute Gasteiger partial charge is 0.00889 e. The molecule has 0 nitrogen and oxygen atoms in total. The predicted molar refractivity (Wildman–Crippen MR) is 37.8 cm³/mol. The van der Waals surface area contributed by atoms with Gasteiger partial charge in [0, 0.05) is 5.92 Å². The van der Waals surface area contributed by atoms with E-state index in [1.54, 1.807) is 4.91 Å². The molecule has 1 aliphatic heterocycles. The summed E-state index contributed by atoms with van der Waals surface area (Å²) < 4.78 is 0. The molecule has 1 aliphatic carbocycles. The van der Waals surface area contributed by atoms with Crippen molar-refractivity contribution in [3.05, 3.63) is 23.1 Å². The third-order valence-electron chi connectivity index (χ3n) is 1.67. The molecule has 0 spiro atoms. The zero-order valence-corrected chi connectivity index (χ0v) is 5.45. The largest absolute Gasteiger partial charge is 0.130 e. The second-order valence-electron chi connectivity index (χ2n) is 2.20. The third kappa shape index (κ3) is 0.543. The fourth-order valence-corrected chi connectivity index (χ4v) is 2.39. The topological polar surface area (TPSA) is 0 Å². The van der Waals surface area contributed by atoms with Gasteiger partial charge in [-0.25, -0.2) is 0 Å². The quantitative estimate of drug-likeness (QED) is 0.477. The van der Waals surface area contributed by atoms with Crippen LogP contribution in [0.3, 0.4) is 0 Å². The van der Waals surface area contributed by atoms with Gasteiger partial charge in [0.2, 0.25) is 0 Å². The minimum absolute atomic E-state index is 0.819. The van der Waals surface area contributed by atoms with Crippen LogP contribution in [0.15, 0.2) is 23.1 Å². The van der Waals surface area contributed by atoms with Crippen LogP contribution in [-0.2, 0) is 0 Å². The van der Waals surface area contributed by atoms with Crippen LogP contribution in [0.5, 0.6) is 0 Å². The van der Waals surface area contributed by atoms with Crippen molar-refractivity contribution in [2.45, 2.75) is 6.42 Å². The van der Waals surface area contributed by atoms with Crippen LogP contribution in [0.1, 0.15) is 6.42 Å². The van der Waals surface area contributed by atoms with Crippen LogP contribution in [0.2, 0.25) is 0 Å². The Morgan fingerprint density at radius 1 is 1.62 bits per heavy atom. The van der Waals surface area contributed by atoms with Crippen molar-refractivity contribution in [1.82, 2.24) is 0 Å². The molecule has 1 saturated heterocycles. The molecule has 1 heteroatoms. The molecule has 0 amide bonds. The average molecular weight is 124 g/mol. The first-order chi connectivity index (χ1) is 3.97. The van der Waals surface area contributed by atoms with Crippen LogP contribution in [-0.4, -0.2) is 5.75 Å². The van der Waals surface area contributed by atoms with Crippen molar-refractivity contribution in [1.29, 1.82) is 0 Å². The lowest BCUT2D eigenvalue weighted by Gasteiger charge is -1.94. The Kier molecular flexibility index (Phi) is 0.971. The monoisotopic (exact) mass is 124 g/mol. The maximum atomic E-state index is 2.30. The molecule has 0 bridgehead atoms.